The summed E-state index contributed by atoms with van der Waals surface area (Å²) in [6.07, 6.45) is 3.40. The number of pyridine rings is 1. The average Bonchev–Trinajstić information content (AvgIpc) is 2.66. The number of rotatable bonds is 4. The number of halogens is 1. The predicted octanol–water partition coefficient (Wildman–Crippen LogP) is 3.93. The standard InChI is InChI=1S/C20H20ClN7O/c1-13-9-14(2)25-19(24-13)27-18(23-12-15-5-4-8-22-11-15)28-20(29)26-17-7-3-6-16(21)10-17/h3-11H,12H2,1-2H3,(H3,23,24,25,26,27,28,29). The van der Waals surface area contributed by atoms with Crippen LogP contribution in [0, 0.1) is 13.8 Å². The first-order valence-electron chi connectivity index (χ1n) is 8.84. The Labute approximate surface area is 173 Å². The molecular weight excluding hydrogens is 390 g/mol. The van der Waals surface area contributed by atoms with Crippen LogP contribution >= 0.6 is 11.6 Å². The summed E-state index contributed by atoms with van der Waals surface area (Å²) in [5, 5.41) is 8.89. The lowest BCUT2D eigenvalue weighted by Gasteiger charge is -2.12. The number of nitrogens with zero attached hydrogens (tertiary/aromatic N) is 4. The number of urea groups is 1. The van der Waals surface area contributed by atoms with E-state index in [-0.39, 0.29) is 5.96 Å². The van der Waals surface area contributed by atoms with Crippen LogP contribution in [0.15, 0.2) is 59.9 Å². The normalized spacial score (nSPS) is 11.1. The van der Waals surface area contributed by atoms with E-state index in [4.69, 9.17) is 11.6 Å². The second-order valence-corrected chi connectivity index (χ2v) is 6.65. The van der Waals surface area contributed by atoms with Crippen LogP contribution in [0.3, 0.4) is 0 Å². The van der Waals surface area contributed by atoms with Crippen LogP contribution in [0.4, 0.5) is 16.4 Å². The zero-order valence-electron chi connectivity index (χ0n) is 16.0. The van der Waals surface area contributed by atoms with Crippen LogP contribution in [0.5, 0.6) is 0 Å². The third-order valence-corrected chi connectivity index (χ3v) is 3.90. The zero-order chi connectivity index (χ0) is 20.6. The SMILES string of the molecule is Cc1cc(C)nc(NC(=NCc2cccnc2)NC(=O)Nc2cccc(Cl)c2)n1. The third-order valence-electron chi connectivity index (χ3n) is 3.67. The predicted molar refractivity (Wildman–Crippen MR) is 114 cm³/mol. The fraction of sp³-hybridized carbons (Fsp3) is 0.150. The van der Waals surface area contributed by atoms with Crippen molar-refractivity contribution in [2.45, 2.75) is 20.4 Å². The van der Waals surface area contributed by atoms with E-state index in [9.17, 15) is 4.79 Å². The Balaban J connectivity index is 1.76. The highest BCUT2D eigenvalue weighted by Crippen LogP contribution is 2.14. The van der Waals surface area contributed by atoms with Crippen molar-refractivity contribution >= 4 is 35.2 Å². The van der Waals surface area contributed by atoms with E-state index in [1.165, 1.54) is 0 Å². The Morgan fingerprint density at radius 1 is 1.07 bits per heavy atom. The molecular formula is C20H20ClN7O. The van der Waals surface area contributed by atoms with Crippen molar-refractivity contribution in [3.05, 3.63) is 76.8 Å². The Morgan fingerprint density at radius 2 is 1.86 bits per heavy atom. The highest BCUT2D eigenvalue weighted by atomic mass is 35.5. The number of hydrogen-bond donors (Lipinski definition) is 3. The van der Waals surface area contributed by atoms with E-state index >= 15 is 0 Å². The van der Waals surface area contributed by atoms with E-state index in [0.29, 0.717) is 23.2 Å². The molecule has 1 aromatic carbocycles. The Kier molecular flexibility index (Phi) is 6.70. The molecule has 0 saturated heterocycles. The number of carbonyl (C=O) groups is 1. The minimum Gasteiger partial charge on any atom is -0.308 e. The molecule has 0 unspecified atom stereocenters. The quantitative estimate of drug-likeness (QED) is 0.447. The Morgan fingerprint density at radius 3 is 2.55 bits per heavy atom. The maximum absolute atomic E-state index is 12.4. The topological polar surface area (TPSA) is 104 Å². The lowest BCUT2D eigenvalue weighted by Crippen LogP contribution is -2.39. The highest BCUT2D eigenvalue weighted by Gasteiger charge is 2.09. The van der Waals surface area contributed by atoms with Crippen molar-refractivity contribution in [1.82, 2.24) is 20.3 Å². The van der Waals surface area contributed by atoms with Crippen molar-refractivity contribution in [2.24, 2.45) is 4.99 Å². The largest absolute Gasteiger partial charge is 0.326 e. The van der Waals surface area contributed by atoms with Gasteiger partial charge in [0.05, 0.1) is 6.54 Å². The van der Waals surface area contributed by atoms with E-state index < -0.39 is 6.03 Å². The van der Waals surface area contributed by atoms with E-state index in [0.717, 1.165) is 17.0 Å². The summed E-state index contributed by atoms with van der Waals surface area (Å²) in [4.78, 5) is 29.6. The van der Waals surface area contributed by atoms with Crippen LogP contribution in [-0.4, -0.2) is 26.9 Å². The van der Waals surface area contributed by atoms with Gasteiger partial charge in [0.15, 0.2) is 0 Å². The molecule has 0 fully saturated rings. The summed E-state index contributed by atoms with van der Waals surface area (Å²) in [7, 11) is 0. The van der Waals surface area contributed by atoms with Gasteiger partial charge >= 0.3 is 6.03 Å². The first kappa shape index (κ1) is 20.2. The van der Waals surface area contributed by atoms with Crippen molar-refractivity contribution in [1.29, 1.82) is 0 Å². The van der Waals surface area contributed by atoms with Gasteiger partial charge in [-0.2, -0.15) is 0 Å². The molecule has 29 heavy (non-hydrogen) atoms. The molecule has 3 N–H and O–H groups in total. The number of benzene rings is 1. The van der Waals surface area contributed by atoms with Crippen LogP contribution in [-0.2, 0) is 6.54 Å². The number of carbonyl (C=O) groups excluding carboxylic acids is 1. The Bertz CT molecular complexity index is 1000. The smallest absolute Gasteiger partial charge is 0.308 e. The second kappa shape index (κ2) is 9.61. The van der Waals surface area contributed by atoms with Gasteiger partial charge in [0, 0.05) is 34.5 Å². The number of aliphatic imine (C=N–C) groups is 1. The number of amides is 2. The molecule has 9 heteroatoms. The van der Waals surface area contributed by atoms with Crippen LogP contribution < -0.4 is 16.0 Å². The molecule has 0 radical (unpaired) electrons. The molecule has 0 bridgehead atoms. The van der Waals surface area contributed by atoms with Gasteiger partial charge in [0.25, 0.3) is 0 Å². The van der Waals surface area contributed by atoms with Gasteiger partial charge in [0.2, 0.25) is 11.9 Å². The fourth-order valence-electron chi connectivity index (χ4n) is 2.50. The van der Waals surface area contributed by atoms with Crippen LogP contribution in [0.2, 0.25) is 5.02 Å². The summed E-state index contributed by atoms with van der Waals surface area (Å²) in [5.41, 5.74) is 3.06. The summed E-state index contributed by atoms with van der Waals surface area (Å²) in [5.74, 6) is 0.550. The van der Waals surface area contributed by atoms with Crippen molar-refractivity contribution in [3.63, 3.8) is 0 Å². The van der Waals surface area contributed by atoms with Gasteiger partial charge in [-0.05, 0) is 49.7 Å². The molecule has 0 atom stereocenters. The number of aryl methyl sites for hydroxylation is 2. The summed E-state index contributed by atoms with van der Waals surface area (Å²) < 4.78 is 0. The van der Waals surface area contributed by atoms with E-state index in [1.807, 2.05) is 32.0 Å². The number of nitrogens with one attached hydrogen (secondary N) is 3. The third kappa shape index (κ3) is 6.54. The molecule has 148 valence electrons. The van der Waals surface area contributed by atoms with E-state index in [1.54, 1.807) is 36.7 Å². The number of hydrogen-bond acceptors (Lipinski definition) is 5. The molecule has 2 heterocycles. The van der Waals surface area contributed by atoms with Gasteiger partial charge in [-0.1, -0.05) is 23.7 Å². The lowest BCUT2D eigenvalue weighted by atomic mass is 10.3. The molecule has 0 aliphatic rings. The molecule has 0 aliphatic heterocycles. The molecule has 0 saturated carbocycles. The summed E-state index contributed by atoms with van der Waals surface area (Å²) >= 11 is 5.96. The minimum absolute atomic E-state index is 0.207. The van der Waals surface area contributed by atoms with Gasteiger partial charge in [0.1, 0.15) is 0 Å². The molecule has 8 nitrogen and oxygen atoms in total. The molecule has 2 amide bonds. The van der Waals surface area contributed by atoms with Crippen molar-refractivity contribution in [2.75, 3.05) is 10.6 Å². The van der Waals surface area contributed by atoms with Crippen LogP contribution in [0.25, 0.3) is 0 Å². The van der Waals surface area contributed by atoms with Gasteiger partial charge in [-0.15, -0.1) is 0 Å². The van der Waals surface area contributed by atoms with Gasteiger partial charge in [-0.25, -0.2) is 19.8 Å². The molecule has 0 spiro atoms. The maximum atomic E-state index is 12.4. The van der Waals surface area contributed by atoms with E-state index in [2.05, 4.69) is 35.9 Å². The number of guanidine groups is 1. The summed E-state index contributed by atoms with van der Waals surface area (Å²) in [6.45, 7) is 4.05. The fourth-order valence-corrected chi connectivity index (χ4v) is 2.69. The average molecular weight is 410 g/mol. The van der Waals surface area contributed by atoms with Crippen LogP contribution in [0.1, 0.15) is 17.0 Å². The highest BCUT2D eigenvalue weighted by molar-refractivity contribution is 6.30. The number of aromatic nitrogens is 3. The second-order valence-electron chi connectivity index (χ2n) is 6.21. The molecule has 0 aliphatic carbocycles. The summed E-state index contributed by atoms with van der Waals surface area (Å²) in [6, 6.07) is 12.0. The maximum Gasteiger partial charge on any atom is 0.326 e. The molecule has 3 aromatic rings. The first-order valence-corrected chi connectivity index (χ1v) is 9.22. The number of anilines is 2. The molecule has 3 rings (SSSR count). The van der Waals surface area contributed by atoms with Gasteiger partial charge < -0.3 is 5.32 Å². The van der Waals surface area contributed by atoms with Gasteiger partial charge in [-0.3, -0.25) is 15.6 Å². The monoisotopic (exact) mass is 409 g/mol. The zero-order valence-corrected chi connectivity index (χ0v) is 16.7. The van der Waals surface area contributed by atoms with Crippen molar-refractivity contribution < 1.29 is 4.79 Å². The first-order chi connectivity index (χ1) is 14.0. The lowest BCUT2D eigenvalue weighted by molar-refractivity contribution is 0.256. The van der Waals surface area contributed by atoms with Crippen molar-refractivity contribution in [3.8, 4) is 0 Å². The minimum atomic E-state index is -0.478. The molecule has 2 aromatic heterocycles. The Hall–Kier alpha value is -3.52.